The van der Waals surface area contributed by atoms with Crippen molar-refractivity contribution in [2.24, 2.45) is 0 Å². The Morgan fingerprint density at radius 2 is 1.72 bits per heavy atom. The number of carbonyl (C=O) groups is 1. The maximum Gasteiger partial charge on any atom is 0.261 e. The van der Waals surface area contributed by atoms with E-state index in [0.29, 0.717) is 31.9 Å². The number of nitrogens with one attached hydrogen (secondary N) is 1. The van der Waals surface area contributed by atoms with Crippen molar-refractivity contribution in [3.05, 3.63) is 48.7 Å². The van der Waals surface area contributed by atoms with Crippen LogP contribution in [0.25, 0.3) is 0 Å². The second-order valence-corrected chi connectivity index (χ2v) is 7.50. The van der Waals surface area contributed by atoms with Gasteiger partial charge < -0.3 is 9.80 Å². The van der Waals surface area contributed by atoms with Gasteiger partial charge in [-0.05, 0) is 24.3 Å². The van der Waals surface area contributed by atoms with E-state index >= 15 is 0 Å². The molecule has 1 aliphatic heterocycles. The van der Waals surface area contributed by atoms with Gasteiger partial charge in [-0.2, -0.15) is 0 Å². The molecule has 1 N–H and O–H groups in total. The predicted octanol–water partition coefficient (Wildman–Crippen LogP) is 1.55. The molecular formula is C17H20N4O3S. The largest absolute Gasteiger partial charge is 0.353 e. The molecule has 1 saturated heterocycles. The van der Waals surface area contributed by atoms with Gasteiger partial charge in [0.25, 0.3) is 10.0 Å². The molecule has 1 aromatic carbocycles. The summed E-state index contributed by atoms with van der Waals surface area (Å²) >= 11 is 0. The molecular weight excluding hydrogens is 340 g/mol. The quantitative estimate of drug-likeness (QED) is 0.894. The van der Waals surface area contributed by atoms with Gasteiger partial charge in [-0.3, -0.25) is 9.52 Å². The van der Waals surface area contributed by atoms with Crippen LogP contribution in [-0.2, 0) is 14.8 Å². The second kappa shape index (κ2) is 7.10. The Morgan fingerprint density at radius 3 is 2.28 bits per heavy atom. The number of nitrogens with zero attached hydrogens (tertiary/aromatic N) is 3. The first kappa shape index (κ1) is 17.2. The van der Waals surface area contributed by atoms with Gasteiger partial charge in [0.2, 0.25) is 5.91 Å². The molecule has 0 aliphatic carbocycles. The second-order valence-electron chi connectivity index (χ2n) is 5.82. The molecule has 1 aromatic heterocycles. The number of pyridine rings is 1. The third-order valence-electron chi connectivity index (χ3n) is 4.10. The van der Waals surface area contributed by atoms with Crippen LogP contribution in [0.1, 0.15) is 6.92 Å². The molecule has 7 nitrogen and oxygen atoms in total. The molecule has 1 fully saturated rings. The maximum atomic E-state index is 12.3. The molecule has 2 heterocycles. The number of hydrogen-bond acceptors (Lipinski definition) is 5. The van der Waals surface area contributed by atoms with Gasteiger partial charge in [-0.15, -0.1) is 0 Å². The number of amides is 1. The highest BCUT2D eigenvalue weighted by atomic mass is 32.2. The Labute approximate surface area is 147 Å². The lowest BCUT2D eigenvalue weighted by molar-refractivity contribution is -0.129. The maximum absolute atomic E-state index is 12.3. The molecule has 1 amide bonds. The van der Waals surface area contributed by atoms with Crippen molar-refractivity contribution in [1.29, 1.82) is 0 Å². The third-order valence-corrected chi connectivity index (χ3v) is 5.50. The third kappa shape index (κ3) is 4.08. The van der Waals surface area contributed by atoms with E-state index in [2.05, 4.69) is 14.6 Å². The first-order chi connectivity index (χ1) is 12.0. The number of carbonyl (C=O) groups excluding carboxylic acids is 1. The molecule has 0 unspecified atom stereocenters. The van der Waals surface area contributed by atoms with Crippen LogP contribution in [0.5, 0.6) is 0 Å². The van der Waals surface area contributed by atoms with Crippen LogP contribution in [-0.4, -0.2) is 50.4 Å². The minimum absolute atomic E-state index is 0.0817. The smallest absolute Gasteiger partial charge is 0.261 e. The van der Waals surface area contributed by atoms with E-state index < -0.39 is 10.0 Å². The van der Waals surface area contributed by atoms with Gasteiger partial charge in [0.15, 0.2) is 0 Å². The Morgan fingerprint density at radius 1 is 1.04 bits per heavy atom. The van der Waals surface area contributed by atoms with E-state index in [0.717, 1.165) is 5.82 Å². The fourth-order valence-electron chi connectivity index (χ4n) is 2.70. The average Bonchev–Trinajstić information content (AvgIpc) is 2.63. The fourth-order valence-corrected chi connectivity index (χ4v) is 3.76. The van der Waals surface area contributed by atoms with E-state index in [4.69, 9.17) is 0 Å². The number of rotatable bonds is 4. The van der Waals surface area contributed by atoms with Crippen molar-refractivity contribution in [1.82, 2.24) is 9.88 Å². The summed E-state index contributed by atoms with van der Waals surface area (Å²) in [5.74, 6) is 0.851. The van der Waals surface area contributed by atoms with Crippen LogP contribution < -0.4 is 9.62 Å². The first-order valence-corrected chi connectivity index (χ1v) is 9.48. The molecule has 132 valence electrons. The van der Waals surface area contributed by atoms with Crippen LogP contribution in [0.3, 0.4) is 0 Å². The first-order valence-electron chi connectivity index (χ1n) is 8.00. The highest BCUT2D eigenvalue weighted by Crippen LogP contribution is 2.19. The standard InChI is InChI=1S/C17H20N4O3S/c1-14(22)20-9-11-21(12-10-20)17-8-7-15(13-18-17)19-25(23,24)16-5-3-2-4-6-16/h2-8,13,19H,9-12H2,1H3. The monoisotopic (exact) mass is 360 g/mol. The van der Waals surface area contributed by atoms with Gasteiger partial charge in [0, 0.05) is 33.1 Å². The van der Waals surface area contributed by atoms with E-state index in [9.17, 15) is 13.2 Å². The summed E-state index contributed by atoms with van der Waals surface area (Å²) in [6.45, 7) is 4.32. The number of aromatic nitrogens is 1. The van der Waals surface area contributed by atoms with Gasteiger partial charge in [0.05, 0.1) is 16.8 Å². The molecule has 2 aromatic rings. The normalized spacial score (nSPS) is 15.1. The lowest BCUT2D eigenvalue weighted by Gasteiger charge is -2.34. The molecule has 1 aliphatic rings. The zero-order chi connectivity index (χ0) is 17.9. The zero-order valence-corrected chi connectivity index (χ0v) is 14.7. The summed E-state index contributed by atoms with van der Waals surface area (Å²) in [6.07, 6.45) is 1.51. The van der Waals surface area contributed by atoms with Crippen molar-refractivity contribution in [2.75, 3.05) is 35.8 Å². The number of piperazine rings is 1. The van der Waals surface area contributed by atoms with Crippen molar-refractivity contribution in [2.45, 2.75) is 11.8 Å². The van der Waals surface area contributed by atoms with E-state index in [1.165, 1.54) is 6.20 Å². The molecule has 3 rings (SSSR count). The molecule has 25 heavy (non-hydrogen) atoms. The van der Waals surface area contributed by atoms with Gasteiger partial charge in [0.1, 0.15) is 5.82 Å². The number of hydrogen-bond donors (Lipinski definition) is 1. The number of sulfonamides is 1. The van der Waals surface area contributed by atoms with Gasteiger partial charge >= 0.3 is 0 Å². The molecule has 0 bridgehead atoms. The van der Waals surface area contributed by atoms with Gasteiger partial charge in [-0.1, -0.05) is 18.2 Å². The molecule has 0 saturated carbocycles. The highest BCUT2D eigenvalue weighted by molar-refractivity contribution is 7.92. The van der Waals surface area contributed by atoms with Gasteiger partial charge in [-0.25, -0.2) is 13.4 Å². The Kier molecular flexibility index (Phi) is 4.89. The summed E-state index contributed by atoms with van der Waals surface area (Å²) in [7, 11) is -3.62. The molecule has 8 heteroatoms. The van der Waals surface area contributed by atoms with E-state index in [1.807, 2.05) is 0 Å². The van der Waals surface area contributed by atoms with Crippen molar-refractivity contribution in [3.8, 4) is 0 Å². The number of anilines is 2. The summed E-state index contributed by atoms with van der Waals surface area (Å²) in [5, 5.41) is 0. The van der Waals surface area contributed by atoms with E-state index in [1.54, 1.807) is 54.3 Å². The summed E-state index contributed by atoms with van der Waals surface area (Å²) < 4.78 is 27.1. The summed E-state index contributed by atoms with van der Waals surface area (Å²) in [6, 6.07) is 11.7. The predicted molar refractivity (Wildman–Crippen MR) is 96.0 cm³/mol. The fraction of sp³-hybridized carbons (Fsp3) is 0.294. The average molecular weight is 360 g/mol. The molecule has 0 radical (unpaired) electrons. The zero-order valence-electron chi connectivity index (χ0n) is 13.9. The summed E-state index contributed by atoms with van der Waals surface area (Å²) in [4.78, 5) is 19.8. The van der Waals surface area contributed by atoms with Crippen molar-refractivity contribution in [3.63, 3.8) is 0 Å². The van der Waals surface area contributed by atoms with Crippen LogP contribution in [0.15, 0.2) is 53.6 Å². The van der Waals surface area contributed by atoms with Crippen LogP contribution >= 0.6 is 0 Å². The van der Waals surface area contributed by atoms with Crippen molar-refractivity contribution < 1.29 is 13.2 Å². The Balaban J connectivity index is 1.66. The molecule has 0 spiro atoms. The molecule has 0 atom stereocenters. The Hall–Kier alpha value is -2.61. The Bertz CT molecular complexity index is 830. The number of benzene rings is 1. The summed E-state index contributed by atoms with van der Waals surface area (Å²) in [5.41, 5.74) is 0.412. The lowest BCUT2D eigenvalue weighted by atomic mass is 10.3. The van der Waals surface area contributed by atoms with Crippen LogP contribution in [0.2, 0.25) is 0 Å². The SMILES string of the molecule is CC(=O)N1CCN(c2ccc(NS(=O)(=O)c3ccccc3)cn2)CC1. The lowest BCUT2D eigenvalue weighted by Crippen LogP contribution is -2.48. The van der Waals surface area contributed by atoms with Crippen molar-refractivity contribution >= 4 is 27.4 Å². The minimum Gasteiger partial charge on any atom is -0.353 e. The highest BCUT2D eigenvalue weighted by Gasteiger charge is 2.20. The topological polar surface area (TPSA) is 82.6 Å². The van der Waals surface area contributed by atoms with Crippen LogP contribution in [0.4, 0.5) is 11.5 Å². The van der Waals surface area contributed by atoms with Crippen LogP contribution in [0, 0.1) is 0 Å². The van der Waals surface area contributed by atoms with E-state index in [-0.39, 0.29) is 10.8 Å². The minimum atomic E-state index is -3.62.